The van der Waals surface area contributed by atoms with Gasteiger partial charge in [0.15, 0.2) is 5.65 Å². The van der Waals surface area contributed by atoms with Gasteiger partial charge in [0.1, 0.15) is 17.8 Å². The molecule has 3 aromatic heterocycles. The van der Waals surface area contributed by atoms with Crippen LogP contribution in [-0.4, -0.2) is 67.8 Å². The third-order valence-corrected chi connectivity index (χ3v) is 6.71. The number of hydrogen-bond acceptors (Lipinski definition) is 8. The number of nitrogens with zero attached hydrogens (tertiary/aromatic N) is 6. The first-order chi connectivity index (χ1) is 17.2. The van der Waals surface area contributed by atoms with Crippen LogP contribution in [0.4, 0.5) is 4.79 Å². The van der Waals surface area contributed by atoms with E-state index in [9.17, 15) is 4.79 Å². The van der Waals surface area contributed by atoms with E-state index in [1.54, 1.807) is 39.9 Å². The maximum Gasteiger partial charge on any atom is 0.409 e. The van der Waals surface area contributed by atoms with Crippen molar-refractivity contribution in [3.05, 3.63) is 66.9 Å². The quantitative estimate of drug-likeness (QED) is 0.357. The lowest BCUT2D eigenvalue weighted by Crippen LogP contribution is -2.42. The summed E-state index contributed by atoms with van der Waals surface area (Å²) < 4.78 is 13.5. The minimum absolute atomic E-state index is 0.0447. The molecule has 1 saturated heterocycles. The molecule has 35 heavy (non-hydrogen) atoms. The van der Waals surface area contributed by atoms with Crippen molar-refractivity contribution < 1.29 is 14.3 Å². The van der Waals surface area contributed by atoms with Crippen LogP contribution in [0.2, 0.25) is 0 Å². The average molecular weight is 491 g/mol. The minimum atomic E-state index is -0.287. The molecule has 5 rings (SSSR count). The van der Waals surface area contributed by atoms with E-state index in [4.69, 9.17) is 9.47 Å². The topological polar surface area (TPSA) is 95.3 Å². The van der Waals surface area contributed by atoms with Gasteiger partial charge in [-0.15, -0.1) is 11.8 Å². The number of benzene rings is 1. The molecule has 0 saturated carbocycles. The number of piperidine rings is 1. The molecule has 4 aromatic rings. The van der Waals surface area contributed by atoms with E-state index in [2.05, 4.69) is 32.2 Å². The Kier molecular flexibility index (Phi) is 7.08. The molecule has 0 atom stereocenters. The number of thioether (sulfide) groups is 1. The van der Waals surface area contributed by atoms with Gasteiger partial charge in [-0.25, -0.2) is 19.4 Å². The van der Waals surface area contributed by atoms with Crippen LogP contribution in [-0.2, 0) is 11.2 Å². The Morgan fingerprint density at radius 2 is 1.94 bits per heavy atom. The summed E-state index contributed by atoms with van der Waals surface area (Å²) in [7, 11) is 0. The summed E-state index contributed by atoms with van der Waals surface area (Å²) >= 11 is 1.69. The van der Waals surface area contributed by atoms with Gasteiger partial charge in [-0.2, -0.15) is 5.10 Å². The molecule has 0 N–H and O–H groups in total. The minimum Gasteiger partial charge on any atom is -0.474 e. The van der Waals surface area contributed by atoms with Gasteiger partial charge in [0, 0.05) is 49.6 Å². The van der Waals surface area contributed by atoms with Crippen molar-refractivity contribution in [3.63, 3.8) is 0 Å². The zero-order valence-corrected chi connectivity index (χ0v) is 20.2. The van der Waals surface area contributed by atoms with Crippen molar-refractivity contribution in [1.29, 1.82) is 0 Å². The second-order valence-corrected chi connectivity index (χ2v) is 9.08. The first-order valence-electron chi connectivity index (χ1n) is 11.5. The summed E-state index contributed by atoms with van der Waals surface area (Å²) in [6.07, 6.45) is 10.5. The molecule has 0 unspecified atom stereocenters. The number of likely N-dealkylation sites (tertiary alicyclic amines) is 1. The van der Waals surface area contributed by atoms with E-state index in [1.165, 1.54) is 11.2 Å². The molecule has 10 heteroatoms. The first kappa shape index (κ1) is 23.1. The van der Waals surface area contributed by atoms with Crippen molar-refractivity contribution in [3.8, 4) is 11.6 Å². The number of pyridine rings is 1. The molecule has 0 bridgehead atoms. The predicted molar refractivity (Wildman–Crippen MR) is 133 cm³/mol. The van der Waals surface area contributed by atoms with Crippen LogP contribution >= 0.6 is 11.8 Å². The van der Waals surface area contributed by atoms with E-state index in [-0.39, 0.29) is 12.2 Å². The van der Waals surface area contributed by atoms with Crippen molar-refractivity contribution in [2.75, 3.05) is 26.0 Å². The number of carbonyl (C=O) groups excluding carboxylic acids is 1. The van der Waals surface area contributed by atoms with Crippen LogP contribution in [0.5, 0.6) is 5.88 Å². The van der Waals surface area contributed by atoms with Crippen LogP contribution in [0, 0.1) is 0 Å². The molecule has 9 nitrogen and oxygen atoms in total. The van der Waals surface area contributed by atoms with E-state index in [1.807, 2.05) is 30.5 Å². The van der Waals surface area contributed by atoms with E-state index < -0.39 is 0 Å². The number of carbonyl (C=O) groups is 1. The van der Waals surface area contributed by atoms with Crippen LogP contribution < -0.4 is 4.74 Å². The van der Waals surface area contributed by atoms with Gasteiger partial charge in [-0.3, -0.25) is 4.98 Å². The summed E-state index contributed by atoms with van der Waals surface area (Å²) in [5.74, 6) is 0.513. The number of hydrogen-bond donors (Lipinski definition) is 0. The number of amides is 1. The summed E-state index contributed by atoms with van der Waals surface area (Å²) in [6.45, 7) is 1.49. The van der Waals surface area contributed by atoms with E-state index in [0.29, 0.717) is 50.5 Å². The van der Waals surface area contributed by atoms with Gasteiger partial charge >= 0.3 is 6.09 Å². The molecule has 4 heterocycles. The highest BCUT2D eigenvalue weighted by atomic mass is 32.2. The maximum absolute atomic E-state index is 12.4. The van der Waals surface area contributed by atoms with Gasteiger partial charge < -0.3 is 14.4 Å². The largest absolute Gasteiger partial charge is 0.474 e. The van der Waals surface area contributed by atoms with E-state index in [0.717, 1.165) is 16.6 Å². The number of ether oxygens (including phenoxy) is 2. The predicted octanol–water partition coefficient (Wildman–Crippen LogP) is 4.15. The standard InChI is InChI=1S/C25H26N6O3S/c1-35-21-6-4-19(5-7-21)31-23-22(16-29-31)24(28-17-27-23)34-20-8-12-30(13-9-20)25(32)33-14-10-18-3-2-11-26-15-18/h2-7,11,15-17,20H,8-10,12-14H2,1H3. The number of fused-ring (bicyclic) bond motifs is 1. The average Bonchev–Trinajstić information content (AvgIpc) is 3.35. The Hall–Kier alpha value is -3.66. The zero-order valence-electron chi connectivity index (χ0n) is 19.4. The van der Waals surface area contributed by atoms with Crippen LogP contribution in [0.15, 0.2) is 66.2 Å². The first-order valence-corrected chi connectivity index (χ1v) is 12.7. The molecule has 1 amide bonds. The Morgan fingerprint density at radius 1 is 1.11 bits per heavy atom. The fourth-order valence-electron chi connectivity index (χ4n) is 4.04. The normalized spacial score (nSPS) is 14.3. The van der Waals surface area contributed by atoms with Gasteiger partial charge in [-0.05, 0) is 42.2 Å². The fraction of sp³-hybridized carbons (Fsp3) is 0.320. The van der Waals surface area contributed by atoms with Crippen LogP contribution in [0.3, 0.4) is 0 Å². The second kappa shape index (κ2) is 10.7. The summed E-state index contributed by atoms with van der Waals surface area (Å²) in [5, 5.41) is 5.28. The van der Waals surface area contributed by atoms with Gasteiger partial charge in [-0.1, -0.05) is 6.07 Å². The lowest BCUT2D eigenvalue weighted by Gasteiger charge is -2.31. The Balaban J connectivity index is 1.17. The van der Waals surface area contributed by atoms with Gasteiger partial charge in [0.2, 0.25) is 5.88 Å². The van der Waals surface area contributed by atoms with Crippen molar-refractivity contribution in [2.24, 2.45) is 0 Å². The third-order valence-electron chi connectivity index (χ3n) is 5.96. The fourth-order valence-corrected chi connectivity index (χ4v) is 4.44. The molecule has 1 aliphatic heterocycles. The van der Waals surface area contributed by atoms with Crippen LogP contribution in [0.1, 0.15) is 18.4 Å². The highest BCUT2D eigenvalue weighted by Gasteiger charge is 2.26. The Morgan fingerprint density at radius 3 is 2.69 bits per heavy atom. The molecule has 0 aliphatic carbocycles. The molecule has 1 aliphatic rings. The molecule has 0 spiro atoms. The molecule has 0 radical (unpaired) electrons. The monoisotopic (exact) mass is 490 g/mol. The zero-order chi connectivity index (χ0) is 24.0. The summed E-state index contributed by atoms with van der Waals surface area (Å²) in [6, 6.07) is 12.0. The summed E-state index contributed by atoms with van der Waals surface area (Å²) in [5.41, 5.74) is 2.67. The lowest BCUT2D eigenvalue weighted by atomic mass is 10.1. The third kappa shape index (κ3) is 5.37. The van der Waals surface area contributed by atoms with Crippen molar-refractivity contribution in [1.82, 2.24) is 29.6 Å². The SMILES string of the molecule is CSc1ccc(-n2ncc3c(OC4CCN(C(=O)OCCc5cccnc5)CC4)ncnc32)cc1. The van der Waals surface area contributed by atoms with Crippen LogP contribution in [0.25, 0.3) is 16.7 Å². The highest BCUT2D eigenvalue weighted by Crippen LogP contribution is 2.27. The summed E-state index contributed by atoms with van der Waals surface area (Å²) in [4.78, 5) is 28.2. The van der Waals surface area contributed by atoms with Crippen molar-refractivity contribution >= 4 is 28.9 Å². The molecule has 1 fully saturated rings. The molecule has 180 valence electrons. The molecule has 1 aromatic carbocycles. The number of aromatic nitrogens is 5. The maximum atomic E-state index is 12.4. The Labute approximate surface area is 207 Å². The van der Waals surface area contributed by atoms with Gasteiger partial charge in [0.05, 0.1) is 18.5 Å². The smallest absolute Gasteiger partial charge is 0.409 e. The van der Waals surface area contributed by atoms with E-state index >= 15 is 0 Å². The molecular formula is C25H26N6O3S. The van der Waals surface area contributed by atoms with Gasteiger partial charge in [0.25, 0.3) is 0 Å². The number of rotatable bonds is 7. The second-order valence-electron chi connectivity index (χ2n) is 8.20. The van der Waals surface area contributed by atoms with Crippen molar-refractivity contribution in [2.45, 2.75) is 30.3 Å². The molecular weight excluding hydrogens is 464 g/mol. The Bertz CT molecular complexity index is 1270. The highest BCUT2D eigenvalue weighted by molar-refractivity contribution is 7.98. The lowest BCUT2D eigenvalue weighted by molar-refractivity contribution is 0.0673.